The molecule has 1 heterocycles. The zero-order valence-corrected chi connectivity index (χ0v) is 15.3. The van der Waals surface area contributed by atoms with Gasteiger partial charge in [0.25, 0.3) is 5.69 Å². The molecule has 0 N–H and O–H groups in total. The molecule has 0 radical (unpaired) electrons. The van der Waals surface area contributed by atoms with E-state index in [1.807, 2.05) is 34.9 Å². The van der Waals surface area contributed by atoms with Gasteiger partial charge < -0.3 is 4.74 Å². The lowest BCUT2D eigenvalue weighted by Crippen LogP contribution is -2.08. The van der Waals surface area contributed by atoms with Gasteiger partial charge >= 0.3 is 5.97 Å². The summed E-state index contributed by atoms with van der Waals surface area (Å²) in [5.74, 6) is 0.309. The van der Waals surface area contributed by atoms with E-state index in [4.69, 9.17) is 4.74 Å². The second-order valence-electron chi connectivity index (χ2n) is 5.37. The highest BCUT2D eigenvalue weighted by Gasteiger charge is 2.18. The molecule has 0 spiro atoms. The Labute approximate surface area is 159 Å². The molecule has 0 bridgehead atoms. The molecule has 0 aliphatic heterocycles. The van der Waals surface area contributed by atoms with E-state index < -0.39 is 4.92 Å². The van der Waals surface area contributed by atoms with Crippen molar-refractivity contribution in [2.24, 2.45) is 0 Å². The summed E-state index contributed by atoms with van der Waals surface area (Å²) in [4.78, 5) is 22.1. The zero-order chi connectivity index (χ0) is 19.2. The fourth-order valence-electron chi connectivity index (χ4n) is 2.42. The molecule has 0 atom stereocenters. The van der Waals surface area contributed by atoms with E-state index in [1.165, 1.54) is 23.9 Å². The van der Waals surface area contributed by atoms with E-state index in [1.54, 1.807) is 19.1 Å². The van der Waals surface area contributed by atoms with Crippen LogP contribution >= 0.6 is 11.8 Å². The van der Waals surface area contributed by atoms with Crippen LogP contribution in [0.3, 0.4) is 0 Å². The summed E-state index contributed by atoms with van der Waals surface area (Å²) in [5.41, 5.74) is 1.50. The Morgan fingerprint density at radius 2 is 1.85 bits per heavy atom. The fourth-order valence-corrected chi connectivity index (χ4v) is 3.17. The van der Waals surface area contributed by atoms with Crippen LogP contribution in [-0.2, 0) is 9.53 Å². The second kappa shape index (κ2) is 8.45. The average Bonchev–Trinajstić information content (AvgIpc) is 3.11. The average molecular weight is 384 g/mol. The third kappa shape index (κ3) is 4.32. The lowest BCUT2D eigenvalue weighted by atomic mass is 10.2. The van der Waals surface area contributed by atoms with Crippen LogP contribution in [0.5, 0.6) is 0 Å². The van der Waals surface area contributed by atoms with E-state index in [0.717, 1.165) is 5.69 Å². The normalized spacial score (nSPS) is 10.6. The van der Waals surface area contributed by atoms with Crippen molar-refractivity contribution in [3.63, 3.8) is 0 Å². The topological polar surface area (TPSA) is 100 Å². The number of hydrogen-bond acceptors (Lipinski definition) is 7. The van der Waals surface area contributed by atoms with E-state index in [0.29, 0.717) is 23.2 Å². The maximum atomic E-state index is 11.7. The number of carbonyl (C=O) groups excluding carboxylic acids is 1. The van der Waals surface area contributed by atoms with Gasteiger partial charge in [-0.2, -0.15) is 0 Å². The number of rotatable bonds is 7. The number of ether oxygens (including phenoxy) is 1. The molecular formula is C18H16N4O4S. The summed E-state index contributed by atoms with van der Waals surface area (Å²) in [6.45, 7) is 2.07. The summed E-state index contributed by atoms with van der Waals surface area (Å²) in [6, 6.07) is 15.5. The number of nitro groups is 1. The number of carbonyl (C=O) groups is 1. The SMILES string of the molecule is CCOC(=O)CSc1nnc(-c2ccc([N+](=O)[O-])cc2)n1-c1ccccc1. The maximum Gasteiger partial charge on any atom is 0.316 e. The molecule has 27 heavy (non-hydrogen) atoms. The van der Waals surface area contributed by atoms with Gasteiger partial charge in [-0.25, -0.2) is 0 Å². The molecule has 0 saturated carbocycles. The molecule has 3 rings (SSSR count). The fraction of sp³-hybridized carbons (Fsp3) is 0.167. The highest BCUT2D eigenvalue weighted by atomic mass is 32.2. The van der Waals surface area contributed by atoms with Crippen molar-refractivity contribution in [3.8, 4) is 17.1 Å². The van der Waals surface area contributed by atoms with Crippen LogP contribution < -0.4 is 0 Å². The number of non-ortho nitro benzene ring substituents is 1. The second-order valence-corrected chi connectivity index (χ2v) is 6.32. The maximum absolute atomic E-state index is 11.7. The van der Waals surface area contributed by atoms with Gasteiger partial charge in [-0.15, -0.1) is 10.2 Å². The summed E-state index contributed by atoms with van der Waals surface area (Å²) in [6.07, 6.45) is 0. The number of para-hydroxylation sites is 1. The first-order valence-corrected chi connectivity index (χ1v) is 9.12. The van der Waals surface area contributed by atoms with Crippen molar-refractivity contribution in [2.75, 3.05) is 12.4 Å². The largest absolute Gasteiger partial charge is 0.465 e. The predicted octanol–water partition coefficient (Wildman–Crippen LogP) is 3.50. The van der Waals surface area contributed by atoms with Crippen LogP contribution in [0, 0.1) is 10.1 Å². The van der Waals surface area contributed by atoms with Gasteiger partial charge in [-0.1, -0.05) is 30.0 Å². The molecule has 138 valence electrons. The van der Waals surface area contributed by atoms with Crippen molar-refractivity contribution in [1.82, 2.24) is 14.8 Å². The van der Waals surface area contributed by atoms with E-state index in [-0.39, 0.29) is 17.4 Å². The minimum atomic E-state index is -0.452. The number of benzene rings is 2. The molecule has 0 fully saturated rings. The highest BCUT2D eigenvalue weighted by Crippen LogP contribution is 2.29. The lowest BCUT2D eigenvalue weighted by Gasteiger charge is -2.10. The van der Waals surface area contributed by atoms with Crippen LogP contribution in [0.2, 0.25) is 0 Å². The van der Waals surface area contributed by atoms with Crippen molar-refractivity contribution in [1.29, 1.82) is 0 Å². The highest BCUT2D eigenvalue weighted by molar-refractivity contribution is 7.99. The molecule has 3 aromatic rings. The summed E-state index contributed by atoms with van der Waals surface area (Å²) in [7, 11) is 0. The summed E-state index contributed by atoms with van der Waals surface area (Å²) in [5, 5.41) is 19.8. The van der Waals surface area contributed by atoms with Crippen LogP contribution in [0.25, 0.3) is 17.1 Å². The number of esters is 1. The van der Waals surface area contributed by atoms with Crippen LogP contribution in [0.15, 0.2) is 59.8 Å². The van der Waals surface area contributed by atoms with Crippen molar-refractivity contribution in [2.45, 2.75) is 12.1 Å². The molecule has 0 unspecified atom stereocenters. The quantitative estimate of drug-likeness (QED) is 0.266. The van der Waals surface area contributed by atoms with Crippen molar-refractivity contribution < 1.29 is 14.5 Å². The molecule has 9 heteroatoms. The van der Waals surface area contributed by atoms with Crippen LogP contribution in [0.1, 0.15) is 6.92 Å². The van der Waals surface area contributed by atoms with Gasteiger partial charge in [0.05, 0.1) is 17.3 Å². The Morgan fingerprint density at radius 1 is 1.15 bits per heavy atom. The van der Waals surface area contributed by atoms with Gasteiger partial charge in [-0.3, -0.25) is 19.5 Å². The number of nitrogens with zero attached hydrogens (tertiary/aromatic N) is 4. The minimum Gasteiger partial charge on any atom is -0.465 e. The van der Waals surface area contributed by atoms with Gasteiger partial charge in [0.1, 0.15) is 0 Å². The molecule has 0 saturated heterocycles. The standard InChI is InChI=1S/C18H16N4O4S/c1-2-26-16(23)12-27-18-20-19-17(21(18)14-6-4-3-5-7-14)13-8-10-15(11-9-13)22(24)25/h3-11H,2,12H2,1H3. The first kappa shape index (κ1) is 18.6. The zero-order valence-electron chi connectivity index (χ0n) is 14.4. The molecular weight excluding hydrogens is 368 g/mol. The molecule has 0 amide bonds. The van der Waals surface area contributed by atoms with E-state index in [9.17, 15) is 14.9 Å². The van der Waals surface area contributed by atoms with E-state index >= 15 is 0 Å². The molecule has 2 aromatic carbocycles. The monoisotopic (exact) mass is 384 g/mol. The van der Waals surface area contributed by atoms with E-state index in [2.05, 4.69) is 10.2 Å². The Bertz CT molecular complexity index is 942. The van der Waals surface area contributed by atoms with Gasteiger partial charge in [0.15, 0.2) is 11.0 Å². The first-order valence-electron chi connectivity index (χ1n) is 8.14. The van der Waals surface area contributed by atoms with Crippen molar-refractivity contribution >= 4 is 23.4 Å². The molecule has 0 aliphatic carbocycles. The molecule has 8 nitrogen and oxygen atoms in total. The Morgan fingerprint density at radius 3 is 2.48 bits per heavy atom. The summed E-state index contributed by atoms with van der Waals surface area (Å²) >= 11 is 1.22. The van der Waals surface area contributed by atoms with Crippen molar-refractivity contribution in [3.05, 3.63) is 64.7 Å². The number of hydrogen-bond donors (Lipinski definition) is 0. The Hall–Kier alpha value is -3.20. The lowest BCUT2D eigenvalue weighted by molar-refractivity contribution is -0.384. The third-order valence-electron chi connectivity index (χ3n) is 3.61. The van der Waals surface area contributed by atoms with Gasteiger partial charge in [-0.05, 0) is 31.2 Å². The molecule has 0 aliphatic rings. The third-order valence-corrected chi connectivity index (χ3v) is 4.51. The van der Waals surface area contributed by atoms with Crippen LogP contribution in [-0.4, -0.2) is 38.0 Å². The first-order chi connectivity index (χ1) is 13.1. The summed E-state index contributed by atoms with van der Waals surface area (Å²) < 4.78 is 6.77. The van der Waals surface area contributed by atoms with Gasteiger partial charge in [0, 0.05) is 23.4 Å². The predicted molar refractivity (Wildman–Crippen MR) is 101 cm³/mol. The number of thioether (sulfide) groups is 1. The minimum absolute atomic E-state index is 0.00133. The smallest absolute Gasteiger partial charge is 0.316 e. The van der Waals surface area contributed by atoms with Gasteiger partial charge in [0.2, 0.25) is 0 Å². The number of nitro benzene ring substituents is 1. The number of aromatic nitrogens is 3. The van der Waals surface area contributed by atoms with Crippen LogP contribution in [0.4, 0.5) is 5.69 Å². The Balaban J connectivity index is 1.98. The Kier molecular flexibility index (Phi) is 5.82. The molecule has 1 aromatic heterocycles.